The van der Waals surface area contributed by atoms with E-state index in [4.69, 9.17) is 8.83 Å². The molecule has 3 heteroatoms. The number of anilines is 3. The molecule has 0 aliphatic rings. The summed E-state index contributed by atoms with van der Waals surface area (Å²) in [6.45, 7) is 0. The fourth-order valence-corrected chi connectivity index (χ4v) is 7.42. The van der Waals surface area contributed by atoms with Gasteiger partial charge < -0.3 is 13.7 Å². The molecule has 0 aliphatic heterocycles. The van der Waals surface area contributed by atoms with Gasteiger partial charge in [-0.2, -0.15) is 0 Å². The van der Waals surface area contributed by atoms with Crippen molar-refractivity contribution in [3.63, 3.8) is 0 Å². The lowest BCUT2D eigenvalue weighted by atomic mass is 9.96. The Morgan fingerprint density at radius 2 is 0.918 bits per heavy atom. The Hall–Kier alpha value is -6.58. The first kappa shape index (κ1) is 27.5. The molecule has 0 atom stereocenters. The number of rotatable bonds is 5. The summed E-state index contributed by atoms with van der Waals surface area (Å²) in [4.78, 5) is 2.40. The van der Waals surface area contributed by atoms with Crippen molar-refractivity contribution in [3.05, 3.63) is 176 Å². The Morgan fingerprint density at radius 3 is 1.80 bits per heavy atom. The minimum atomic E-state index is 0.886. The Morgan fingerprint density at radius 1 is 0.347 bits per heavy atom. The number of fused-ring (bicyclic) bond motifs is 7. The van der Waals surface area contributed by atoms with Crippen molar-refractivity contribution in [1.29, 1.82) is 0 Å². The summed E-state index contributed by atoms with van der Waals surface area (Å²) in [5.74, 6) is 0. The molecule has 10 aromatic rings. The molecule has 0 aliphatic carbocycles. The zero-order valence-corrected chi connectivity index (χ0v) is 26.5. The van der Waals surface area contributed by atoms with Crippen LogP contribution in [-0.2, 0) is 0 Å². The molecule has 2 heterocycles. The second kappa shape index (κ2) is 11.0. The van der Waals surface area contributed by atoms with E-state index in [-0.39, 0.29) is 0 Å². The molecule has 230 valence electrons. The van der Waals surface area contributed by atoms with Crippen molar-refractivity contribution in [2.45, 2.75) is 0 Å². The predicted octanol–water partition coefficient (Wildman–Crippen LogP) is 13.4. The summed E-state index contributed by atoms with van der Waals surface area (Å²) in [7, 11) is 0. The topological polar surface area (TPSA) is 29.5 Å². The third-order valence-electron chi connectivity index (χ3n) is 9.68. The molecule has 0 N–H and O–H groups in total. The number of nitrogens with zero attached hydrogens (tertiary/aromatic N) is 1. The summed E-state index contributed by atoms with van der Waals surface area (Å²) in [6.07, 6.45) is 0. The van der Waals surface area contributed by atoms with Crippen LogP contribution in [0.25, 0.3) is 76.9 Å². The highest BCUT2D eigenvalue weighted by molar-refractivity contribution is 6.14. The van der Waals surface area contributed by atoms with Gasteiger partial charge in [-0.15, -0.1) is 0 Å². The normalized spacial score (nSPS) is 11.7. The van der Waals surface area contributed by atoms with Crippen molar-refractivity contribution in [2.24, 2.45) is 0 Å². The van der Waals surface area contributed by atoms with Crippen molar-refractivity contribution < 1.29 is 8.83 Å². The van der Waals surface area contributed by atoms with E-state index in [0.29, 0.717) is 0 Å². The summed E-state index contributed by atoms with van der Waals surface area (Å²) < 4.78 is 12.4. The van der Waals surface area contributed by atoms with Gasteiger partial charge in [0.1, 0.15) is 22.3 Å². The van der Waals surface area contributed by atoms with Crippen LogP contribution in [0.4, 0.5) is 17.1 Å². The zero-order valence-electron chi connectivity index (χ0n) is 26.5. The fourth-order valence-electron chi connectivity index (χ4n) is 7.42. The first-order chi connectivity index (χ1) is 24.3. The minimum Gasteiger partial charge on any atom is -0.456 e. The van der Waals surface area contributed by atoms with Gasteiger partial charge in [0.05, 0.1) is 11.4 Å². The third kappa shape index (κ3) is 4.44. The highest BCUT2D eigenvalue weighted by Gasteiger charge is 2.21. The number of benzene rings is 8. The maximum Gasteiger partial charge on any atom is 0.136 e. The highest BCUT2D eigenvalue weighted by atomic mass is 16.3. The molecule has 0 spiro atoms. The molecule has 8 aromatic carbocycles. The van der Waals surface area contributed by atoms with E-state index >= 15 is 0 Å². The molecule has 0 saturated carbocycles. The Bertz CT molecular complexity index is 2830. The third-order valence-corrected chi connectivity index (χ3v) is 9.68. The summed E-state index contributed by atoms with van der Waals surface area (Å²) in [5.41, 5.74) is 11.5. The predicted molar refractivity (Wildman–Crippen MR) is 204 cm³/mol. The molecule has 0 amide bonds. The van der Waals surface area contributed by atoms with Gasteiger partial charge in [-0.1, -0.05) is 121 Å². The summed E-state index contributed by atoms with van der Waals surface area (Å²) in [6, 6.07) is 62.2. The quantitative estimate of drug-likeness (QED) is 0.190. The molecule has 3 nitrogen and oxygen atoms in total. The first-order valence-electron chi connectivity index (χ1n) is 16.6. The van der Waals surface area contributed by atoms with Crippen molar-refractivity contribution in [1.82, 2.24) is 0 Å². The van der Waals surface area contributed by atoms with E-state index in [1.165, 1.54) is 10.8 Å². The number of furan rings is 2. The Labute approximate surface area is 282 Å². The van der Waals surface area contributed by atoms with Gasteiger partial charge in [0.25, 0.3) is 0 Å². The Kier molecular flexibility index (Phi) is 6.18. The van der Waals surface area contributed by atoms with E-state index in [9.17, 15) is 0 Å². The van der Waals surface area contributed by atoms with E-state index in [0.717, 1.165) is 83.2 Å². The first-order valence-corrected chi connectivity index (χ1v) is 16.6. The van der Waals surface area contributed by atoms with Crippen LogP contribution < -0.4 is 4.90 Å². The molecule has 0 bridgehead atoms. The van der Waals surface area contributed by atoms with Crippen LogP contribution in [0.5, 0.6) is 0 Å². The van der Waals surface area contributed by atoms with Crippen LogP contribution >= 0.6 is 0 Å². The van der Waals surface area contributed by atoms with Crippen LogP contribution in [-0.4, -0.2) is 0 Å². The molecular formula is C46H29NO2. The monoisotopic (exact) mass is 627 g/mol. The van der Waals surface area contributed by atoms with Crippen LogP contribution in [0, 0.1) is 0 Å². The number of para-hydroxylation sites is 3. The maximum atomic E-state index is 6.32. The van der Waals surface area contributed by atoms with Crippen molar-refractivity contribution >= 4 is 71.7 Å². The van der Waals surface area contributed by atoms with Crippen molar-refractivity contribution in [3.8, 4) is 22.3 Å². The molecule has 0 saturated heterocycles. The minimum absolute atomic E-state index is 0.886. The van der Waals surface area contributed by atoms with Crippen LogP contribution in [0.2, 0.25) is 0 Å². The largest absolute Gasteiger partial charge is 0.456 e. The van der Waals surface area contributed by atoms with Gasteiger partial charge in [0.15, 0.2) is 0 Å². The molecule has 0 radical (unpaired) electrons. The van der Waals surface area contributed by atoms with Crippen LogP contribution in [0.3, 0.4) is 0 Å². The average Bonchev–Trinajstić information content (AvgIpc) is 3.74. The van der Waals surface area contributed by atoms with E-state index < -0.39 is 0 Å². The van der Waals surface area contributed by atoms with Crippen molar-refractivity contribution in [2.75, 3.05) is 4.90 Å². The lowest BCUT2D eigenvalue weighted by Crippen LogP contribution is -2.11. The van der Waals surface area contributed by atoms with Gasteiger partial charge in [0, 0.05) is 38.2 Å². The standard InChI is InChI=1S/C46H29NO2/c1-2-13-34-31(11-1)12-9-19-40(34)47(33-26-23-30(24-27-33)32-25-28-44-39(29-32)36-15-4-7-20-42(36)48-44)41-18-6-3-14-35(41)37-17-10-22-45-46(37)38-16-5-8-21-43(38)49-45/h1-29H. The van der Waals surface area contributed by atoms with Gasteiger partial charge in [-0.25, -0.2) is 0 Å². The molecule has 0 unspecified atom stereocenters. The smallest absolute Gasteiger partial charge is 0.136 e. The van der Waals surface area contributed by atoms with Gasteiger partial charge in [-0.3, -0.25) is 0 Å². The van der Waals surface area contributed by atoms with Gasteiger partial charge in [0.2, 0.25) is 0 Å². The van der Waals surface area contributed by atoms with Crippen LogP contribution in [0.15, 0.2) is 185 Å². The molecular weight excluding hydrogens is 599 g/mol. The van der Waals surface area contributed by atoms with Gasteiger partial charge in [-0.05, 0) is 76.7 Å². The Balaban J connectivity index is 1.17. The highest BCUT2D eigenvalue weighted by Crippen LogP contribution is 2.46. The molecule has 49 heavy (non-hydrogen) atoms. The van der Waals surface area contributed by atoms with Crippen LogP contribution in [0.1, 0.15) is 0 Å². The summed E-state index contributed by atoms with van der Waals surface area (Å²) >= 11 is 0. The van der Waals surface area contributed by atoms with E-state index in [1.807, 2.05) is 24.3 Å². The van der Waals surface area contributed by atoms with E-state index in [2.05, 4.69) is 157 Å². The second-order valence-corrected chi connectivity index (χ2v) is 12.5. The maximum absolute atomic E-state index is 6.32. The second-order valence-electron chi connectivity index (χ2n) is 12.5. The average molecular weight is 628 g/mol. The lowest BCUT2D eigenvalue weighted by molar-refractivity contribution is 0.668. The number of hydrogen-bond donors (Lipinski definition) is 0. The fraction of sp³-hybridized carbons (Fsp3) is 0. The summed E-state index contributed by atoms with van der Waals surface area (Å²) in [5, 5.41) is 6.89. The lowest BCUT2D eigenvalue weighted by Gasteiger charge is -2.29. The van der Waals surface area contributed by atoms with Gasteiger partial charge >= 0.3 is 0 Å². The molecule has 0 fully saturated rings. The molecule has 10 rings (SSSR count). The SMILES string of the molecule is c1ccc(N(c2ccc(-c3ccc4oc5ccccc5c4c3)cc2)c2cccc3ccccc23)c(-c2cccc3oc4ccccc4c23)c1. The number of hydrogen-bond acceptors (Lipinski definition) is 3. The zero-order chi connectivity index (χ0) is 32.3. The molecule has 2 aromatic heterocycles. The van der Waals surface area contributed by atoms with E-state index in [1.54, 1.807) is 0 Å².